The first kappa shape index (κ1) is 27.8. The highest BCUT2D eigenvalue weighted by atomic mass is 19.1. The summed E-state index contributed by atoms with van der Waals surface area (Å²) in [6.45, 7) is 10.1. The molecule has 0 unspecified atom stereocenters. The summed E-state index contributed by atoms with van der Waals surface area (Å²) < 4.78 is 33.1. The molecule has 1 heterocycles. The summed E-state index contributed by atoms with van der Waals surface area (Å²) in [7, 11) is 1.65. The summed E-state index contributed by atoms with van der Waals surface area (Å²) in [5.74, 6) is 0.531. The highest BCUT2D eigenvalue weighted by Gasteiger charge is 2.24. The van der Waals surface area contributed by atoms with Gasteiger partial charge in [0.25, 0.3) is 0 Å². The van der Waals surface area contributed by atoms with E-state index in [0.29, 0.717) is 44.3 Å². The quantitative estimate of drug-likeness (QED) is 0.357. The number of ether oxygens (including phenoxy) is 3. The van der Waals surface area contributed by atoms with Gasteiger partial charge in [-0.3, -0.25) is 4.90 Å². The van der Waals surface area contributed by atoms with Crippen LogP contribution in [0.15, 0.2) is 54.6 Å². The molecule has 0 spiro atoms. The van der Waals surface area contributed by atoms with E-state index in [2.05, 4.69) is 4.90 Å². The van der Waals surface area contributed by atoms with Crippen molar-refractivity contribution in [1.82, 2.24) is 14.7 Å². The van der Waals surface area contributed by atoms with E-state index in [1.54, 1.807) is 23.9 Å². The fraction of sp³-hybridized carbons (Fsp3) is 0.464. The lowest BCUT2D eigenvalue weighted by Crippen LogP contribution is -2.38. The van der Waals surface area contributed by atoms with Gasteiger partial charge in [-0.15, -0.1) is 0 Å². The lowest BCUT2D eigenvalue weighted by Gasteiger charge is -2.27. The lowest BCUT2D eigenvalue weighted by atomic mass is 10.1. The highest BCUT2D eigenvalue weighted by molar-refractivity contribution is 5.43. The van der Waals surface area contributed by atoms with Crippen LogP contribution in [0.4, 0.5) is 4.39 Å². The average molecular weight is 500 g/mol. The molecule has 0 saturated heterocycles. The van der Waals surface area contributed by atoms with Crippen LogP contribution in [0.5, 0.6) is 11.6 Å². The number of aliphatic hydroxyl groups excluding tert-OH is 1. The first-order valence-corrected chi connectivity index (χ1v) is 12.3. The van der Waals surface area contributed by atoms with E-state index in [-0.39, 0.29) is 18.0 Å². The van der Waals surface area contributed by atoms with Gasteiger partial charge in [0.2, 0.25) is 5.88 Å². The Balaban J connectivity index is 1.96. The van der Waals surface area contributed by atoms with Gasteiger partial charge in [0.1, 0.15) is 11.6 Å². The highest BCUT2D eigenvalue weighted by Crippen LogP contribution is 2.32. The molecule has 0 aliphatic rings. The lowest BCUT2D eigenvalue weighted by molar-refractivity contribution is -0.0577. The molecule has 1 N–H and O–H groups in total. The van der Waals surface area contributed by atoms with Crippen molar-refractivity contribution in [1.29, 1.82) is 0 Å². The number of benzene rings is 2. The Morgan fingerprint density at radius 1 is 1.11 bits per heavy atom. The second kappa shape index (κ2) is 13.0. The van der Waals surface area contributed by atoms with Crippen LogP contribution < -0.4 is 4.74 Å². The molecule has 0 fully saturated rings. The molecule has 1 atom stereocenters. The molecular formula is C28H38FN3O4. The number of methoxy groups -OCH3 is 1. The van der Waals surface area contributed by atoms with Gasteiger partial charge in [-0.2, -0.15) is 5.10 Å². The van der Waals surface area contributed by atoms with Gasteiger partial charge in [-0.25, -0.2) is 9.07 Å². The molecule has 3 rings (SSSR count). The molecule has 8 heteroatoms. The van der Waals surface area contributed by atoms with E-state index in [1.165, 1.54) is 12.1 Å². The number of aliphatic hydroxyl groups is 1. The first-order valence-electron chi connectivity index (χ1n) is 12.3. The molecular weight excluding hydrogens is 461 g/mol. The monoisotopic (exact) mass is 499 g/mol. The third-order valence-electron chi connectivity index (χ3n) is 5.54. The minimum absolute atomic E-state index is 0.226. The molecule has 0 aliphatic heterocycles. The number of rotatable bonds is 13. The van der Waals surface area contributed by atoms with Gasteiger partial charge >= 0.3 is 0 Å². The van der Waals surface area contributed by atoms with Gasteiger partial charge in [-0.05, 0) is 51.5 Å². The number of hydrogen-bond donors (Lipinski definition) is 1. The van der Waals surface area contributed by atoms with Crippen LogP contribution in [-0.4, -0.2) is 64.9 Å². The van der Waals surface area contributed by atoms with Crippen molar-refractivity contribution >= 4 is 0 Å². The minimum atomic E-state index is -0.678. The molecule has 0 bridgehead atoms. The Morgan fingerprint density at radius 3 is 2.50 bits per heavy atom. The molecule has 3 aromatic rings. The van der Waals surface area contributed by atoms with E-state index in [9.17, 15) is 9.50 Å². The van der Waals surface area contributed by atoms with Crippen LogP contribution >= 0.6 is 0 Å². The van der Waals surface area contributed by atoms with Crippen LogP contribution in [0.2, 0.25) is 0 Å². The van der Waals surface area contributed by atoms with Gasteiger partial charge in [0.15, 0.2) is 0 Å². The number of aromatic nitrogens is 2. The normalized spacial score (nSPS) is 12.8. The second-order valence-electron chi connectivity index (χ2n) is 9.70. The fourth-order valence-corrected chi connectivity index (χ4v) is 3.79. The molecule has 0 aliphatic carbocycles. The molecule has 0 saturated carbocycles. The van der Waals surface area contributed by atoms with Gasteiger partial charge in [0, 0.05) is 32.8 Å². The first-order chi connectivity index (χ1) is 17.2. The zero-order valence-electron chi connectivity index (χ0n) is 21.9. The second-order valence-corrected chi connectivity index (χ2v) is 9.70. The van der Waals surface area contributed by atoms with E-state index in [0.717, 1.165) is 16.9 Å². The van der Waals surface area contributed by atoms with E-state index in [1.807, 2.05) is 58.0 Å². The zero-order chi connectivity index (χ0) is 26.1. The van der Waals surface area contributed by atoms with Crippen LogP contribution in [-0.2, 0) is 22.4 Å². The summed E-state index contributed by atoms with van der Waals surface area (Å²) >= 11 is 0. The third-order valence-corrected chi connectivity index (χ3v) is 5.54. The molecule has 1 aromatic heterocycles. The Bertz CT molecular complexity index is 1080. The Morgan fingerprint density at radius 2 is 1.86 bits per heavy atom. The predicted octanol–water partition coefficient (Wildman–Crippen LogP) is 4.99. The van der Waals surface area contributed by atoms with Crippen molar-refractivity contribution in [2.75, 3.05) is 33.4 Å². The molecule has 2 aromatic carbocycles. The van der Waals surface area contributed by atoms with Crippen molar-refractivity contribution in [2.45, 2.75) is 52.4 Å². The van der Waals surface area contributed by atoms with Crippen LogP contribution in [0, 0.1) is 5.82 Å². The van der Waals surface area contributed by atoms with E-state index >= 15 is 0 Å². The van der Waals surface area contributed by atoms with Crippen molar-refractivity contribution in [3.8, 4) is 17.3 Å². The predicted molar refractivity (Wildman–Crippen MR) is 138 cm³/mol. The topological polar surface area (TPSA) is 69.0 Å². The minimum Gasteiger partial charge on any atom is -0.438 e. The van der Waals surface area contributed by atoms with Crippen molar-refractivity contribution in [3.05, 3.63) is 71.7 Å². The van der Waals surface area contributed by atoms with Crippen LogP contribution in [0.1, 0.15) is 39.0 Å². The van der Waals surface area contributed by atoms with E-state index in [4.69, 9.17) is 19.3 Å². The summed E-state index contributed by atoms with van der Waals surface area (Å²) in [6.07, 6.45) is 0.00516. The van der Waals surface area contributed by atoms with E-state index < -0.39 is 6.10 Å². The van der Waals surface area contributed by atoms with Crippen LogP contribution in [0.25, 0.3) is 5.69 Å². The third kappa shape index (κ3) is 8.13. The molecule has 7 nitrogen and oxygen atoms in total. The summed E-state index contributed by atoms with van der Waals surface area (Å²) in [5.41, 5.74) is 2.25. The summed E-state index contributed by atoms with van der Waals surface area (Å²) in [5, 5.41) is 15.6. The summed E-state index contributed by atoms with van der Waals surface area (Å²) in [4.78, 5) is 2.10. The largest absolute Gasteiger partial charge is 0.438 e. The zero-order valence-corrected chi connectivity index (χ0v) is 21.9. The molecule has 196 valence electrons. The Kier molecular flexibility index (Phi) is 10.0. The maximum absolute atomic E-state index is 14.0. The van der Waals surface area contributed by atoms with Gasteiger partial charge in [-0.1, -0.05) is 31.2 Å². The fourth-order valence-electron chi connectivity index (χ4n) is 3.79. The average Bonchev–Trinajstić information content (AvgIpc) is 3.18. The van der Waals surface area contributed by atoms with Gasteiger partial charge in [0.05, 0.1) is 41.9 Å². The smallest absolute Gasteiger partial charge is 0.227 e. The number of aryl methyl sites for hydroxylation is 1. The van der Waals surface area contributed by atoms with Crippen LogP contribution in [0.3, 0.4) is 0 Å². The number of halogens is 1. The van der Waals surface area contributed by atoms with Crippen molar-refractivity contribution in [3.63, 3.8) is 0 Å². The Labute approximate surface area is 213 Å². The molecule has 0 radical (unpaired) electrons. The molecule has 0 amide bonds. The maximum Gasteiger partial charge on any atom is 0.227 e. The Hall–Kier alpha value is -2.78. The van der Waals surface area contributed by atoms with Crippen molar-refractivity contribution in [2.24, 2.45) is 0 Å². The standard InChI is InChI=1S/C28H38FN3O4/c1-6-26-25(19-31(15-16-34-5)18-23(33)20-35-28(2,3)4)27(36-24-14-10-11-21(29)17-24)32(30-26)22-12-8-7-9-13-22/h7-14,17,23,33H,6,15-16,18-20H2,1-5H3/t23-/m1/s1. The number of nitrogens with zero attached hydrogens (tertiary/aromatic N) is 3. The maximum atomic E-state index is 14.0. The van der Waals surface area contributed by atoms with Gasteiger partial charge < -0.3 is 19.3 Å². The molecule has 36 heavy (non-hydrogen) atoms. The van der Waals surface area contributed by atoms with Crippen molar-refractivity contribution < 1.29 is 23.7 Å². The number of hydrogen-bond acceptors (Lipinski definition) is 6. The summed E-state index contributed by atoms with van der Waals surface area (Å²) in [6, 6.07) is 15.8. The SMILES string of the molecule is CCc1nn(-c2ccccc2)c(Oc2cccc(F)c2)c1CN(CCOC)C[C@@H](O)COC(C)(C)C. The number of para-hydroxylation sites is 1.